The first kappa shape index (κ1) is 49.9. The minimum atomic E-state index is -1.69. The fourth-order valence-electron chi connectivity index (χ4n) is 6.63. The first-order valence-corrected chi connectivity index (χ1v) is 21.2. The highest BCUT2D eigenvalue weighted by molar-refractivity contribution is 9.10. The summed E-state index contributed by atoms with van der Waals surface area (Å²) >= 11 is 3.33. The average Bonchev–Trinajstić information content (AvgIpc) is 3.65. The first-order valence-electron chi connectivity index (χ1n) is 20.4. The highest BCUT2D eigenvalue weighted by Crippen LogP contribution is 2.20. The van der Waals surface area contributed by atoms with Gasteiger partial charge in [0.2, 0.25) is 41.4 Å². The Balaban J connectivity index is 1.53. The van der Waals surface area contributed by atoms with Gasteiger partial charge in [0.15, 0.2) is 0 Å². The molecule has 20 heteroatoms. The summed E-state index contributed by atoms with van der Waals surface area (Å²) in [5.74, 6) is -7.45. The molecule has 0 aliphatic rings. The van der Waals surface area contributed by atoms with Gasteiger partial charge in [-0.1, -0.05) is 72.2 Å². The second-order valence-electron chi connectivity index (χ2n) is 15.8. The molecule has 13 N–H and O–H groups in total. The molecule has 64 heavy (non-hydrogen) atoms. The van der Waals surface area contributed by atoms with E-state index in [9.17, 15) is 48.6 Å². The van der Waals surface area contributed by atoms with E-state index in [4.69, 9.17) is 11.5 Å². The summed E-state index contributed by atoms with van der Waals surface area (Å²) in [7, 11) is 0. The summed E-state index contributed by atoms with van der Waals surface area (Å²) in [6.45, 7) is 4.35. The van der Waals surface area contributed by atoms with Crippen LogP contribution in [0.25, 0.3) is 10.9 Å². The third-order valence-corrected chi connectivity index (χ3v) is 10.5. The number of hydrogen-bond acceptors (Lipinski definition) is 10. The van der Waals surface area contributed by atoms with Crippen LogP contribution < -0.4 is 43.4 Å². The normalized spacial score (nSPS) is 13.9. The van der Waals surface area contributed by atoms with E-state index in [0.29, 0.717) is 16.7 Å². The maximum atomic E-state index is 14.2. The third-order valence-electron chi connectivity index (χ3n) is 9.96. The van der Waals surface area contributed by atoms with Gasteiger partial charge in [-0.05, 0) is 66.3 Å². The number of halogens is 1. The van der Waals surface area contributed by atoms with E-state index in [1.807, 2.05) is 18.2 Å². The molecule has 6 atom stereocenters. The Hall–Kier alpha value is -6.80. The van der Waals surface area contributed by atoms with E-state index < -0.39 is 96.5 Å². The zero-order valence-electron chi connectivity index (χ0n) is 35.5. The predicted octanol–water partition coefficient (Wildman–Crippen LogP) is 0.557. The average molecular weight is 949 g/mol. The Bertz CT molecular complexity index is 2300. The van der Waals surface area contributed by atoms with Crippen molar-refractivity contribution in [1.82, 2.24) is 36.9 Å². The van der Waals surface area contributed by atoms with Crippen LogP contribution in [0.5, 0.6) is 5.75 Å². The van der Waals surface area contributed by atoms with Gasteiger partial charge in [0.05, 0.1) is 19.0 Å². The minimum Gasteiger partial charge on any atom is -0.508 e. The molecular weight excluding hydrogens is 894 g/mol. The molecule has 342 valence electrons. The first-order chi connectivity index (χ1) is 30.3. The van der Waals surface area contributed by atoms with Crippen LogP contribution in [0.4, 0.5) is 0 Å². The summed E-state index contributed by atoms with van der Waals surface area (Å²) in [6.07, 6.45) is 0.689. The molecule has 0 aliphatic heterocycles. The largest absolute Gasteiger partial charge is 0.508 e. The molecule has 1 aromatic heterocycles. The van der Waals surface area contributed by atoms with Gasteiger partial charge in [0.25, 0.3) is 0 Å². The number of carbonyl (C=O) groups excluding carboxylic acids is 7. The number of hydrogen-bond donors (Lipinski definition) is 11. The number of benzene rings is 3. The molecule has 4 aromatic rings. The van der Waals surface area contributed by atoms with Crippen LogP contribution in [0.15, 0.2) is 83.5 Å². The zero-order chi connectivity index (χ0) is 47.1. The van der Waals surface area contributed by atoms with Crippen LogP contribution in [0.3, 0.4) is 0 Å². The zero-order valence-corrected chi connectivity index (χ0v) is 37.1. The van der Waals surface area contributed by atoms with Gasteiger partial charge in [-0.15, -0.1) is 0 Å². The van der Waals surface area contributed by atoms with Crippen LogP contribution in [0, 0.1) is 5.92 Å². The summed E-state index contributed by atoms with van der Waals surface area (Å²) in [5, 5.41) is 35.3. The number of aromatic nitrogens is 1. The number of para-hydroxylation sites is 1. The number of carboxylic acids is 1. The Labute approximate surface area is 377 Å². The van der Waals surface area contributed by atoms with Gasteiger partial charge in [-0.2, -0.15) is 0 Å². The molecule has 4 rings (SSSR count). The lowest BCUT2D eigenvalue weighted by molar-refractivity contribution is -0.141. The van der Waals surface area contributed by atoms with Crippen LogP contribution in [0.2, 0.25) is 0 Å². The second-order valence-corrected chi connectivity index (χ2v) is 16.7. The van der Waals surface area contributed by atoms with Crippen LogP contribution in [-0.4, -0.2) is 105 Å². The molecule has 1 heterocycles. The number of aromatic amines is 1. The molecule has 0 bridgehead atoms. The van der Waals surface area contributed by atoms with Crippen molar-refractivity contribution in [2.45, 2.75) is 89.1 Å². The number of nitrogens with one attached hydrogen (secondary N) is 7. The smallest absolute Gasteiger partial charge is 0.305 e. The molecular formula is C44H54BrN9O10. The molecule has 0 radical (unpaired) electrons. The topological polar surface area (TPSA) is 317 Å². The van der Waals surface area contributed by atoms with Gasteiger partial charge >= 0.3 is 5.97 Å². The lowest BCUT2D eigenvalue weighted by Gasteiger charge is -2.27. The molecule has 0 spiro atoms. The van der Waals surface area contributed by atoms with Gasteiger partial charge in [-0.3, -0.25) is 38.4 Å². The van der Waals surface area contributed by atoms with E-state index >= 15 is 0 Å². The molecule has 0 saturated carbocycles. The summed E-state index contributed by atoms with van der Waals surface area (Å²) < 4.78 is 0.775. The van der Waals surface area contributed by atoms with Crippen LogP contribution >= 0.6 is 15.9 Å². The number of phenols is 1. The van der Waals surface area contributed by atoms with E-state index in [1.54, 1.807) is 62.5 Å². The molecule has 0 aliphatic carbocycles. The van der Waals surface area contributed by atoms with Crippen LogP contribution in [0.1, 0.15) is 50.3 Å². The number of primary amides is 1. The van der Waals surface area contributed by atoms with Gasteiger partial charge in [0, 0.05) is 40.8 Å². The number of aliphatic carboxylic acids is 1. The Morgan fingerprint density at radius 3 is 1.80 bits per heavy atom. The van der Waals surface area contributed by atoms with Gasteiger partial charge < -0.3 is 58.6 Å². The Morgan fingerprint density at radius 1 is 0.656 bits per heavy atom. The van der Waals surface area contributed by atoms with Crippen molar-refractivity contribution in [2.75, 3.05) is 6.54 Å². The Kier molecular flexibility index (Phi) is 18.4. The summed E-state index contributed by atoms with van der Waals surface area (Å²) in [5.41, 5.74) is 13.9. The van der Waals surface area contributed by atoms with Crippen molar-refractivity contribution in [2.24, 2.45) is 17.4 Å². The lowest BCUT2D eigenvalue weighted by Crippen LogP contribution is -2.59. The number of H-pyrrole nitrogens is 1. The number of nitrogens with two attached hydrogens (primary N) is 2. The molecule has 0 unspecified atom stereocenters. The van der Waals surface area contributed by atoms with E-state index in [2.05, 4.69) is 52.8 Å². The quantitative estimate of drug-likeness (QED) is 0.0488. The number of amides is 7. The van der Waals surface area contributed by atoms with Crippen molar-refractivity contribution in [3.05, 3.63) is 100 Å². The molecule has 0 fully saturated rings. The standard InChI is InChI=1S/C44H54BrN9O10/c1-23(2)16-33(42(62)54-36(20-38(57)58)44(64)51-32(39(47)59)17-25-8-12-28(45)13-9-25)53-43(63)35(19-27-21-48-31-7-5-4-6-30(27)31)50-37(56)22-49-41(61)34(52-40(60)24(3)46)18-26-10-14-29(55)15-11-26/h4-15,21,23-24,32-36,48,55H,16-20,22,46H2,1-3H3,(H2,47,59)(H,49,61)(H,50,56)(H,51,64)(H,52,60)(H,53,63)(H,54,62)(H,57,58)/t24-,32-,33-,34-,35-,36-/m0/s1. The lowest BCUT2D eigenvalue weighted by atomic mass is 10.00. The summed E-state index contributed by atoms with van der Waals surface area (Å²) in [4.78, 5) is 108. The minimum absolute atomic E-state index is 0.00274. The molecule has 0 saturated heterocycles. The van der Waals surface area contributed by atoms with Crippen molar-refractivity contribution in [3.63, 3.8) is 0 Å². The number of carboxylic acid groups (broad SMARTS) is 1. The highest BCUT2D eigenvalue weighted by Gasteiger charge is 2.33. The van der Waals surface area contributed by atoms with E-state index in [1.165, 1.54) is 19.1 Å². The second kappa shape index (κ2) is 23.6. The maximum absolute atomic E-state index is 14.2. The number of carbonyl (C=O) groups is 8. The number of fused-ring (bicyclic) bond motifs is 1. The number of phenolic OH excluding ortho intramolecular Hbond substituents is 1. The third kappa shape index (κ3) is 15.5. The molecule has 7 amide bonds. The van der Waals surface area contributed by atoms with Crippen molar-refractivity contribution < 1.29 is 48.6 Å². The fraction of sp³-hybridized carbons (Fsp3) is 0.364. The molecule has 19 nitrogen and oxygen atoms in total. The fourth-order valence-corrected chi connectivity index (χ4v) is 6.89. The van der Waals surface area contributed by atoms with Crippen LogP contribution in [-0.2, 0) is 57.6 Å². The van der Waals surface area contributed by atoms with Gasteiger partial charge in [0.1, 0.15) is 36.0 Å². The number of rotatable bonds is 23. The summed E-state index contributed by atoms with van der Waals surface area (Å²) in [6, 6.07) is 12.3. The maximum Gasteiger partial charge on any atom is 0.305 e. The SMILES string of the molecule is CC(C)C[C@H](NC(=O)[C@H](Cc1c[nH]c2ccccc12)NC(=O)CNC(=O)[C@H](Cc1ccc(O)cc1)NC(=O)[C@H](C)N)C(=O)N[C@@H](CC(=O)O)C(=O)N[C@@H](Cc1ccc(Br)cc1)C(N)=O. The predicted molar refractivity (Wildman–Crippen MR) is 239 cm³/mol. The van der Waals surface area contributed by atoms with E-state index in [0.717, 1.165) is 15.4 Å². The number of aromatic hydroxyl groups is 1. The highest BCUT2D eigenvalue weighted by atomic mass is 79.9. The van der Waals surface area contributed by atoms with Crippen molar-refractivity contribution in [1.29, 1.82) is 0 Å². The Morgan fingerprint density at radius 2 is 1.19 bits per heavy atom. The van der Waals surface area contributed by atoms with Crippen molar-refractivity contribution in [3.8, 4) is 5.75 Å². The van der Waals surface area contributed by atoms with Gasteiger partial charge in [-0.25, -0.2) is 0 Å². The molecule has 3 aromatic carbocycles. The monoisotopic (exact) mass is 947 g/mol. The van der Waals surface area contributed by atoms with Crippen molar-refractivity contribution >= 4 is 74.2 Å². The van der Waals surface area contributed by atoms with E-state index in [-0.39, 0.29) is 37.4 Å².